The lowest BCUT2D eigenvalue weighted by molar-refractivity contribution is -0.141. The molecule has 0 saturated carbocycles. The highest BCUT2D eigenvalue weighted by atomic mass is 16.4. The van der Waals surface area contributed by atoms with Gasteiger partial charge in [-0.1, -0.05) is 0 Å². The second kappa shape index (κ2) is 6.41. The number of nitrogens with zero attached hydrogens (tertiary/aromatic N) is 2. The molecule has 2 amide bonds. The van der Waals surface area contributed by atoms with Gasteiger partial charge < -0.3 is 25.1 Å². The number of aliphatic hydroxyl groups is 2. The lowest BCUT2D eigenvalue weighted by Gasteiger charge is -2.29. The van der Waals surface area contributed by atoms with E-state index >= 15 is 0 Å². The van der Waals surface area contributed by atoms with Crippen molar-refractivity contribution in [3.63, 3.8) is 0 Å². The zero-order valence-corrected chi connectivity index (χ0v) is 9.58. The zero-order chi connectivity index (χ0) is 12.8. The van der Waals surface area contributed by atoms with E-state index in [-0.39, 0.29) is 26.3 Å². The van der Waals surface area contributed by atoms with Crippen LogP contribution in [0.2, 0.25) is 0 Å². The van der Waals surface area contributed by atoms with E-state index in [1.54, 1.807) is 0 Å². The molecule has 0 bridgehead atoms. The Bertz CT molecular complexity index is 278. The van der Waals surface area contributed by atoms with Gasteiger partial charge in [-0.25, -0.2) is 9.59 Å². The van der Waals surface area contributed by atoms with Crippen molar-refractivity contribution < 1.29 is 24.9 Å². The number of carbonyl (C=O) groups is 2. The summed E-state index contributed by atoms with van der Waals surface area (Å²) < 4.78 is 0. The maximum absolute atomic E-state index is 12.0. The standard InChI is InChI=1S/C10H18N2O5/c13-6-4-11(5-7-14)10(17)12-3-1-2-8(12)9(15)16/h8,13-14H,1-7H2,(H,15,16)/t8-/m1/s1. The molecule has 1 atom stereocenters. The van der Waals surface area contributed by atoms with Crippen LogP contribution in [0.4, 0.5) is 4.79 Å². The monoisotopic (exact) mass is 246 g/mol. The van der Waals surface area contributed by atoms with E-state index in [1.165, 1.54) is 9.80 Å². The smallest absolute Gasteiger partial charge is 0.326 e. The Morgan fingerprint density at radius 2 is 1.82 bits per heavy atom. The number of carbonyl (C=O) groups excluding carboxylic acids is 1. The van der Waals surface area contributed by atoms with Crippen LogP contribution in [0.25, 0.3) is 0 Å². The van der Waals surface area contributed by atoms with E-state index in [9.17, 15) is 9.59 Å². The first-order chi connectivity index (χ1) is 8.11. The first-order valence-corrected chi connectivity index (χ1v) is 5.62. The number of carboxylic acid groups (broad SMARTS) is 1. The summed E-state index contributed by atoms with van der Waals surface area (Å²) in [7, 11) is 0. The average molecular weight is 246 g/mol. The molecule has 7 nitrogen and oxygen atoms in total. The fourth-order valence-electron chi connectivity index (χ4n) is 1.98. The van der Waals surface area contributed by atoms with Gasteiger partial charge in [0, 0.05) is 19.6 Å². The molecule has 1 aliphatic heterocycles. The third-order valence-corrected chi connectivity index (χ3v) is 2.79. The number of hydrogen-bond acceptors (Lipinski definition) is 4. The molecule has 0 aromatic rings. The highest BCUT2D eigenvalue weighted by Crippen LogP contribution is 2.19. The van der Waals surface area contributed by atoms with E-state index in [1.807, 2.05) is 0 Å². The Kier molecular flexibility index (Phi) is 5.17. The molecule has 0 radical (unpaired) electrons. The van der Waals surface area contributed by atoms with E-state index in [0.717, 1.165) is 0 Å². The topological polar surface area (TPSA) is 101 Å². The van der Waals surface area contributed by atoms with Gasteiger partial charge in [0.25, 0.3) is 0 Å². The lowest BCUT2D eigenvalue weighted by Crippen LogP contribution is -2.49. The number of aliphatic carboxylic acids is 1. The molecule has 1 fully saturated rings. The van der Waals surface area contributed by atoms with Gasteiger partial charge >= 0.3 is 12.0 Å². The molecule has 1 aliphatic rings. The summed E-state index contributed by atoms with van der Waals surface area (Å²) in [4.78, 5) is 25.5. The van der Waals surface area contributed by atoms with Crippen LogP contribution in [0.1, 0.15) is 12.8 Å². The van der Waals surface area contributed by atoms with Crippen LogP contribution in [0.3, 0.4) is 0 Å². The molecule has 17 heavy (non-hydrogen) atoms. The van der Waals surface area contributed by atoms with Gasteiger partial charge in [-0.2, -0.15) is 0 Å². The number of hydrogen-bond donors (Lipinski definition) is 3. The quantitative estimate of drug-likeness (QED) is 0.574. The second-order valence-corrected chi connectivity index (χ2v) is 3.91. The average Bonchev–Trinajstić information content (AvgIpc) is 2.76. The van der Waals surface area contributed by atoms with Crippen molar-refractivity contribution in [2.75, 3.05) is 32.8 Å². The fourth-order valence-corrected chi connectivity index (χ4v) is 1.98. The summed E-state index contributed by atoms with van der Waals surface area (Å²) >= 11 is 0. The van der Waals surface area contributed by atoms with E-state index in [0.29, 0.717) is 19.4 Å². The van der Waals surface area contributed by atoms with Crippen molar-refractivity contribution in [1.82, 2.24) is 9.80 Å². The van der Waals surface area contributed by atoms with Crippen LogP contribution in [0, 0.1) is 0 Å². The van der Waals surface area contributed by atoms with Crippen molar-refractivity contribution >= 4 is 12.0 Å². The molecule has 0 aromatic heterocycles. The maximum atomic E-state index is 12.0. The molecule has 0 unspecified atom stereocenters. The third-order valence-electron chi connectivity index (χ3n) is 2.79. The van der Waals surface area contributed by atoms with Gasteiger partial charge in [-0.05, 0) is 12.8 Å². The summed E-state index contributed by atoms with van der Waals surface area (Å²) in [6.07, 6.45) is 1.11. The molecule has 7 heteroatoms. The largest absolute Gasteiger partial charge is 0.480 e. The molecular formula is C10H18N2O5. The first kappa shape index (κ1) is 13.7. The molecule has 0 aliphatic carbocycles. The van der Waals surface area contributed by atoms with E-state index in [2.05, 4.69) is 0 Å². The Hall–Kier alpha value is -1.34. The number of carboxylic acids is 1. The van der Waals surface area contributed by atoms with Crippen molar-refractivity contribution in [3.05, 3.63) is 0 Å². The van der Waals surface area contributed by atoms with Gasteiger partial charge in [0.05, 0.1) is 13.2 Å². The molecule has 98 valence electrons. The van der Waals surface area contributed by atoms with Gasteiger partial charge in [0.15, 0.2) is 0 Å². The third kappa shape index (κ3) is 3.31. The van der Waals surface area contributed by atoms with E-state index in [4.69, 9.17) is 15.3 Å². The number of urea groups is 1. The number of rotatable bonds is 5. The summed E-state index contributed by atoms with van der Waals surface area (Å²) in [5.41, 5.74) is 0. The molecule has 1 saturated heterocycles. The lowest BCUT2D eigenvalue weighted by atomic mass is 10.2. The Balaban J connectivity index is 2.68. The van der Waals surface area contributed by atoms with Crippen LogP contribution in [-0.2, 0) is 4.79 Å². The SMILES string of the molecule is O=C(O)[C@H]1CCCN1C(=O)N(CCO)CCO. The van der Waals surface area contributed by atoms with Crippen LogP contribution in [0.15, 0.2) is 0 Å². The number of aliphatic hydroxyl groups excluding tert-OH is 2. The number of amides is 2. The van der Waals surface area contributed by atoms with E-state index < -0.39 is 18.0 Å². The van der Waals surface area contributed by atoms with Gasteiger partial charge in [0.1, 0.15) is 6.04 Å². The van der Waals surface area contributed by atoms with Gasteiger partial charge in [-0.15, -0.1) is 0 Å². The van der Waals surface area contributed by atoms with Crippen molar-refractivity contribution in [1.29, 1.82) is 0 Å². The molecular weight excluding hydrogens is 228 g/mol. The Labute approximate surface area is 99.2 Å². The number of likely N-dealkylation sites (tertiary alicyclic amines) is 1. The summed E-state index contributed by atoms with van der Waals surface area (Å²) in [6.45, 7) is 0.183. The molecule has 0 aromatic carbocycles. The molecule has 0 spiro atoms. The normalized spacial score (nSPS) is 19.4. The van der Waals surface area contributed by atoms with Crippen molar-refractivity contribution in [2.24, 2.45) is 0 Å². The Morgan fingerprint density at radius 3 is 2.29 bits per heavy atom. The minimum atomic E-state index is -1.01. The highest BCUT2D eigenvalue weighted by Gasteiger charge is 2.35. The maximum Gasteiger partial charge on any atom is 0.326 e. The zero-order valence-electron chi connectivity index (χ0n) is 9.58. The van der Waals surface area contributed by atoms with Crippen molar-refractivity contribution in [3.8, 4) is 0 Å². The highest BCUT2D eigenvalue weighted by molar-refractivity contribution is 5.83. The minimum Gasteiger partial charge on any atom is -0.480 e. The fraction of sp³-hybridized carbons (Fsp3) is 0.800. The van der Waals surface area contributed by atoms with Crippen LogP contribution in [-0.4, -0.2) is 76.0 Å². The summed E-state index contributed by atoms with van der Waals surface area (Å²) in [5, 5.41) is 26.6. The minimum absolute atomic E-state index is 0.0994. The molecule has 1 rings (SSSR count). The van der Waals surface area contributed by atoms with Crippen LogP contribution >= 0.6 is 0 Å². The Morgan fingerprint density at radius 1 is 1.24 bits per heavy atom. The predicted octanol–water partition coefficient (Wildman–Crippen LogP) is -1.06. The summed E-state index contributed by atoms with van der Waals surface area (Å²) in [5.74, 6) is -1.01. The molecule has 1 heterocycles. The second-order valence-electron chi connectivity index (χ2n) is 3.91. The first-order valence-electron chi connectivity index (χ1n) is 5.62. The van der Waals surface area contributed by atoms with Gasteiger partial charge in [0.2, 0.25) is 0 Å². The predicted molar refractivity (Wildman–Crippen MR) is 58.5 cm³/mol. The summed E-state index contributed by atoms with van der Waals surface area (Å²) in [6, 6.07) is -1.22. The van der Waals surface area contributed by atoms with Crippen LogP contribution < -0.4 is 0 Å². The van der Waals surface area contributed by atoms with Crippen LogP contribution in [0.5, 0.6) is 0 Å². The van der Waals surface area contributed by atoms with Gasteiger partial charge in [-0.3, -0.25) is 0 Å². The molecule has 3 N–H and O–H groups in total. The van der Waals surface area contributed by atoms with Crippen molar-refractivity contribution in [2.45, 2.75) is 18.9 Å².